The van der Waals surface area contributed by atoms with Gasteiger partial charge in [0.25, 0.3) is 0 Å². The second kappa shape index (κ2) is 3.69. The van der Waals surface area contributed by atoms with Gasteiger partial charge in [-0.1, -0.05) is 29.8 Å². The maximum Gasteiger partial charge on any atom is 0.0756 e. The second-order valence-electron chi connectivity index (χ2n) is 2.92. The van der Waals surface area contributed by atoms with E-state index in [2.05, 4.69) is 43.1 Å². The molecule has 0 amide bonds. The van der Waals surface area contributed by atoms with Crippen molar-refractivity contribution in [3.63, 3.8) is 0 Å². The van der Waals surface area contributed by atoms with E-state index in [0.29, 0.717) is 6.04 Å². The van der Waals surface area contributed by atoms with Crippen LogP contribution in [0.3, 0.4) is 0 Å². The lowest BCUT2D eigenvalue weighted by Gasteiger charge is -2.10. The molecule has 0 saturated carbocycles. The summed E-state index contributed by atoms with van der Waals surface area (Å²) in [5, 5.41) is 0. The lowest BCUT2D eigenvalue weighted by atomic mass is 10.1. The Bertz CT molecular complexity index is 218. The number of aryl methyl sites for hydroxylation is 1. The lowest BCUT2D eigenvalue weighted by molar-refractivity contribution is 0.744. The highest BCUT2D eigenvalue weighted by atomic mass is 28.2. The zero-order valence-corrected chi connectivity index (χ0v) is 9.39. The summed E-state index contributed by atoms with van der Waals surface area (Å²) in [4.78, 5) is 3.34. The maximum atomic E-state index is 3.34. The molecule has 0 bridgehead atoms. The standard InChI is InChI=1S/C9H15NSi/c1-7-3-5-9(6-4-7)8(2)10-11/h3-6,8,10H,1-2,11H3. The number of hydrogen-bond acceptors (Lipinski definition) is 1. The molecule has 0 aliphatic carbocycles. The van der Waals surface area contributed by atoms with Crippen LogP contribution >= 0.6 is 0 Å². The highest BCUT2D eigenvalue weighted by Crippen LogP contribution is 2.11. The van der Waals surface area contributed by atoms with Gasteiger partial charge in [-0.3, -0.25) is 0 Å². The van der Waals surface area contributed by atoms with Crippen LogP contribution in [0.15, 0.2) is 24.3 Å². The fourth-order valence-corrected chi connectivity index (χ4v) is 1.36. The Labute approximate surface area is 71.3 Å². The first-order valence-corrected chi connectivity index (χ1v) is 4.98. The molecule has 1 nitrogen and oxygen atoms in total. The van der Waals surface area contributed by atoms with Crippen molar-refractivity contribution in [1.82, 2.24) is 4.98 Å². The van der Waals surface area contributed by atoms with Crippen LogP contribution in [0.5, 0.6) is 0 Å². The predicted octanol–water partition coefficient (Wildman–Crippen LogP) is 0.926. The molecule has 0 radical (unpaired) electrons. The van der Waals surface area contributed by atoms with E-state index in [1.807, 2.05) is 0 Å². The monoisotopic (exact) mass is 165 g/mol. The Morgan fingerprint density at radius 3 is 2.27 bits per heavy atom. The van der Waals surface area contributed by atoms with Gasteiger partial charge in [0.15, 0.2) is 0 Å². The topological polar surface area (TPSA) is 12.0 Å². The van der Waals surface area contributed by atoms with Gasteiger partial charge >= 0.3 is 0 Å². The van der Waals surface area contributed by atoms with Crippen LogP contribution in [-0.4, -0.2) is 10.4 Å². The molecule has 1 atom stereocenters. The SMILES string of the molecule is Cc1ccc(C(C)N[SiH3])cc1. The summed E-state index contributed by atoms with van der Waals surface area (Å²) in [5.41, 5.74) is 2.71. The van der Waals surface area contributed by atoms with Crippen LogP contribution in [-0.2, 0) is 0 Å². The first-order valence-electron chi connectivity index (χ1n) is 3.98. The smallest absolute Gasteiger partial charge is 0.0756 e. The molecular formula is C9H15NSi. The third kappa shape index (κ3) is 2.17. The van der Waals surface area contributed by atoms with Crippen molar-refractivity contribution in [3.8, 4) is 0 Å². The van der Waals surface area contributed by atoms with Crippen molar-refractivity contribution < 1.29 is 0 Å². The molecule has 0 spiro atoms. The van der Waals surface area contributed by atoms with Gasteiger partial charge in [-0.05, 0) is 19.4 Å². The molecule has 1 unspecified atom stereocenters. The van der Waals surface area contributed by atoms with Gasteiger partial charge in [0, 0.05) is 6.04 Å². The number of hydrogen-bond donors (Lipinski definition) is 1. The van der Waals surface area contributed by atoms with Crippen LogP contribution in [0, 0.1) is 6.92 Å². The average Bonchev–Trinajstić information content (AvgIpc) is 2.05. The predicted molar refractivity (Wildman–Crippen MR) is 52.7 cm³/mol. The summed E-state index contributed by atoms with van der Waals surface area (Å²) in [6.45, 7) is 4.31. The zero-order chi connectivity index (χ0) is 8.27. The number of rotatable bonds is 2. The van der Waals surface area contributed by atoms with Crippen molar-refractivity contribution in [1.29, 1.82) is 0 Å². The van der Waals surface area contributed by atoms with E-state index in [1.54, 1.807) is 0 Å². The molecule has 1 N–H and O–H groups in total. The largest absolute Gasteiger partial charge is 0.339 e. The Kier molecular flexibility index (Phi) is 2.85. The van der Waals surface area contributed by atoms with Crippen LogP contribution < -0.4 is 4.98 Å². The van der Waals surface area contributed by atoms with Gasteiger partial charge in [0.2, 0.25) is 0 Å². The molecular weight excluding hydrogens is 150 g/mol. The van der Waals surface area contributed by atoms with E-state index < -0.39 is 0 Å². The summed E-state index contributed by atoms with van der Waals surface area (Å²) in [5.74, 6) is 0. The Hall–Kier alpha value is -0.603. The fourth-order valence-electron chi connectivity index (χ4n) is 1.02. The maximum absolute atomic E-state index is 3.34. The Morgan fingerprint density at radius 2 is 1.82 bits per heavy atom. The first kappa shape index (κ1) is 8.49. The molecule has 0 aliphatic rings. The number of nitrogens with one attached hydrogen (secondary N) is 1. The van der Waals surface area contributed by atoms with E-state index in [1.165, 1.54) is 11.1 Å². The van der Waals surface area contributed by atoms with Crippen LogP contribution in [0.2, 0.25) is 0 Å². The summed E-state index contributed by atoms with van der Waals surface area (Å²) < 4.78 is 0. The molecule has 0 saturated heterocycles. The molecule has 0 fully saturated rings. The molecule has 60 valence electrons. The van der Waals surface area contributed by atoms with Crippen molar-refractivity contribution in [2.75, 3.05) is 0 Å². The van der Waals surface area contributed by atoms with Crippen molar-refractivity contribution in [2.45, 2.75) is 19.9 Å². The van der Waals surface area contributed by atoms with Crippen molar-refractivity contribution in [2.24, 2.45) is 0 Å². The minimum Gasteiger partial charge on any atom is -0.339 e. The highest BCUT2D eigenvalue weighted by Gasteiger charge is 1.99. The van der Waals surface area contributed by atoms with E-state index in [-0.39, 0.29) is 0 Å². The quantitative estimate of drug-likeness (QED) is 0.643. The molecule has 0 heterocycles. The molecule has 11 heavy (non-hydrogen) atoms. The summed E-state index contributed by atoms with van der Waals surface area (Å²) >= 11 is 0. The van der Waals surface area contributed by atoms with E-state index in [9.17, 15) is 0 Å². The average molecular weight is 165 g/mol. The van der Waals surface area contributed by atoms with Gasteiger partial charge in [0.05, 0.1) is 10.4 Å². The third-order valence-electron chi connectivity index (χ3n) is 2.01. The van der Waals surface area contributed by atoms with E-state index in [4.69, 9.17) is 0 Å². The fraction of sp³-hybridized carbons (Fsp3) is 0.333. The van der Waals surface area contributed by atoms with Crippen molar-refractivity contribution in [3.05, 3.63) is 35.4 Å². The summed E-state index contributed by atoms with van der Waals surface area (Å²) in [7, 11) is 1.06. The molecule has 0 aliphatic heterocycles. The van der Waals surface area contributed by atoms with Gasteiger partial charge in [-0.25, -0.2) is 0 Å². The first-order chi connectivity index (χ1) is 5.24. The third-order valence-corrected chi connectivity index (χ3v) is 2.88. The number of benzene rings is 1. The van der Waals surface area contributed by atoms with Crippen LogP contribution in [0.1, 0.15) is 24.1 Å². The Balaban J connectivity index is 2.81. The van der Waals surface area contributed by atoms with E-state index >= 15 is 0 Å². The van der Waals surface area contributed by atoms with Crippen LogP contribution in [0.25, 0.3) is 0 Å². The normalized spacial score (nSPS) is 13.3. The lowest BCUT2D eigenvalue weighted by Crippen LogP contribution is -2.13. The highest BCUT2D eigenvalue weighted by molar-refractivity contribution is 6.04. The van der Waals surface area contributed by atoms with Gasteiger partial charge in [-0.15, -0.1) is 0 Å². The van der Waals surface area contributed by atoms with Crippen molar-refractivity contribution >= 4 is 10.4 Å². The summed E-state index contributed by atoms with van der Waals surface area (Å²) in [6, 6.07) is 9.20. The molecule has 0 aromatic heterocycles. The zero-order valence-electron chi connectivity index (χ0n) is 7.39. The van der Waals surface area contributed by atoms with Gasteiger partial charge in [0.1, 0.15) is 0 Å². The molecule has 1 aromatic carbocycles. The summed E-state index contributed by atoms with van der Waals surface area (Å²) in [6.07, 6.45) is 0. The minimum absolute atomic E-state index is 0.516. The molecule has 1 rings (SSSR count). The second-order valence-corrected chi connectivity index (χ2v) is 3.50. The van der Waals surface area contributed by atoms with Gasteiger partial charge in [-0.2, -0.15) is 0 Å². The Morgan fingerprint density at radius 1 is 1.27 bits per heavy atom. The molecule has 1 aromatic rings. The van der Waals surface area contributed by atoms with Crippen LogP contribution in [0.4, 0.5) is 0 Å². The molecule has 2 heteroatoms. The minimum atomic E-state index is 0.516. The van der Waals surface area contributed by atoms with E-state index in [0.717, 1.165) is 10.4 Å². The van der Waals surface area contributed by atoms with Gasteiger partial charge < -0.3 is 4.98 Å².